The van der Waals surface area contributed by atoms with Gasteiger partial charge in [-0.05, 0) is 35.4 Å². The summed E-state index contributed by atoms with van der Waals surface area (Å²) in [5, 5.41) is 9.74. The zero-order chi connectivity index (χ0) is 20.8. The van der Waals surface area contributed by atoms with Crippen molar-refractivity contribution in [1.82, 2.24) is 4.90 Å². The lowest BCUT2D eigenvalue weighted by Gasteiger charge is -2.48. The number of nitrogens with zero attached hydrogens (tertiary/aromatic N) is 2. The van der Waals surface area contributed by atoms with Gasteiger partial charge >= 0.3 is 6.09 Å². The van der Waals surface area contributed by atoms with Crippen LogP contribution in [-0.4, -0.2) is 34.6 Å². The van der Waals surface area contributed by atoms with E-state index in [1.54, 1.807) is 0 Å². The number of hydrogen-bond donors (Lipinski definition) is 1. The average molecular weight is 392 g/mol. The molecule has 152 valence electrons. The number of carboxylic acid groups (broad SMARTS) is 1. The van der Waals surface area contributed by atoms with E-state index >= 15 is 0 Å². The third-order valence-corrected chi connectivity index (χ3v) is 6.49. The number of carbonyl (C=O) groups is 2. The van der Waals surface area contributed by atoms with E-state index in [2.05, 4.69) is 20.8 Å². The van der Waals surface area contributed by atoms with E-state index in [1.807, 2.05) is 59.5 Å². The van der Waals surface area contributed by atoms with Crippen LogP contribution in [-0.2, 0) is 16.8 Å². The van der Waals surface area contributed by atoms with E-state index < -0.39 is 11.5 Å². The van der Waals surface area contributed by atoms with Gasteiger partial charge in [-0.1, -0.05) is 69.3 Å². The topological polar surface area (TPSA) is 60.9 Å². The van der Waals surface area contributed by atoms with Crippen LogP contribution in [0.3, 0.4) is 0 Å². The molecule has 2 aliphatic heterocycles. The summed E-state index contributed by atoms with van der Waals surface area (Å²) in [4.78, 5) is 29.1. The number of hydrogen-bond acceptors (Lipinski definition) is 2. The summed E-state index contributed by atoms with van der Waals surface area (Å²) in [7, 11) is 0. The van der Waals surface area contributed by atoms with Crippen molar-refractivity contribution in [3.63, 3.8) is 0 Å². The van der Waals surface area contributed by atoms with E-state index in [1.165, 1.54) is 4.90 Å². The van der Waals surface area contributed by atoms with Gasteiger partial charge in [0.2, 0.25) is 5.91 Å². The number of para-hydroxylation sites is 1. The minimum absolute atomic E-state index is 0.0989. The molecule has 0 bridgehead atoms. The van der Waals surface area contributed by atoms with Crippen molar-refractivity contribution < 1.29 is 14.7 Å². The van der Waals surface area contributed by atoms with Crippen molar-refractivity contribution in [2.75, 3.05) is 11.4 Å². The lowest BCUT2D eigenvalue weighted by molar-refractivity contribution is -0.126. The molecule has 5 heteroatoms. The quantitative estimate of drug-likeness (QED) is 0.809. The number of fused-ring (bicyclic) bond motifs is 2. The molecule has 2 aromatic carbocycles. The van der Waals surface area contributed by atoms with E-state index in [0.29, 0.717) is 25.9 Å². The highest BCUT2D eigenvalue weighted by atomic mass is 16.4. The van der Waals surface area contributed by atoms with Crippen molar-refractivity contribution >= 4 is 17.7 Å². The van der Waals surface area contributed by atoms with Crippen LogP contribution in [0.4, 0.5) is 10.5 Å². The molecule has 1 spiro atoms. The summed E-state index contributed by atoms with van der Waals surface area (Å²) >= 11 is 0. The van der Waals surface area contributed by atoms with Gasteiger partial charge in [-0.25, -0.2) is 4.79 Å². The Labute approximate surface area is 171 Å². The van der Waals surface area contributed by atoms with Gasteiger partial charge in [0.25, 0.3) is 0 Å². The normalized spacial score (nSPS) is 24.1. The first-order valence-electron chi connectivity index (χ1n) is 10.2. The summed E-state index contributed by atoms with van der Waals surface area (Å²) < 4.78 is 0. The summed E-state index contributed by atoms with van der Waals surface area (Å²) in [6, 6.07) is 17.8. The molecule has 2 aromatic rings. The Morgan fingerprint density at radius 1 is 1.10 bits per heavy atom. The van der Waals surface area contributed by atoms with Crippen LogP contribution in [0.15, 0.2) is 54.6 Å². The highest BCUT2D eigenvalue weighted by Gasteiger charge is 2.56. The number of piperidine rings is 1. The van der Waals surface area contributed by atoms with Gasteiger partial charge in [-0.3, -0.25) is 4.79 Å². The fourth-order valence-electron chi connectivity index (χ4n) is 4.97. The second-order valence-electron chi connectivity index (χ2n) is 9.29. The fraction of sp³-hybridized carbons (Fsp3) is 0.417. The lowest BCUT2D eigenvalue weighted by Crippen LogP contribution is -2.58. The molecule has 29 heavy (non-hydrogen) atoms. The maximum absolute atomic E-state index is 13.9. The Bertz CT molecular complexity index is 935. The van der Waals surface area contributed by atoms with Crippen LogP contribution in [0.25, 0.3) is 0 Å². The van der Waals surface area contributed by atoms with E-state index in [4.69, 9.17) is 0 Å². The predicted molar refractivity (Wildman–Crippen MR) is 113 cm³/mol. The van der Waals surface area contributed by atoms with Crippen LogP contribution >= 0.6 is 0 Å². The van der Waals surface area contributed by atoms with Gasteiger partial charge in [-0.15, -0.1) is 0 Å². The van der Waals surface area contributed by atoms with Gasteiger partial charge in [0.1, 0.15) is 0 Å². The van der Waals surface area contributed by atoms with Crippen LogP contribution in [0.1, 0.15) is 44.7 Å². The van der Waals surface area contributed by atoms with Crippen molar-refractivity contribution in [1.29, 1.82) is 0 Å². The molecule has 5 nitrogen and oxygen atoms in total. The average Bonchev–Trinajstić information content (AvgIpc) is 2.91. The first-order chi connectivity index (χ1) is 13.7. The molecule has 2 heterocycles. The van der Waals surface area contributed by atoms with Gasteiger partial charge in [0.05, 0.1) is 12.0 Å². The molecular weight excluding hydrogens is 364 g/mol. The van der Waals surface area contributed by atoms with Gasteiger partial charge in [-0.2, -0.15) is 0 Å². The molecule has 2 amide bonds. The number of likely N-dealkylation sites (tertiary alicyclic amines) is 1. The largest absolute Gasteiger partial charge is 0.465 e. The van der Waals surface area contributed by atoms with Crippen LogP contribution in [0.2, 0.25) is 0 Å². The first-order valence-corrected chi connectivity index (χ1v) is 10.2. The standard InChI is InChI=1S/C24H28N2O3/c1-23(2,3)20-15-24(13-14-25(20)22(28)29)18-11-7-8-12-19(18)26(21(24)27)16-17-9-5-4-6-10-17/h4-12,20H,13-16H2,1-3H3,(H,28,29). The Kier molecular flexibility index (Phi) is 4.64. The molecule has 0 saturated carbocycles. The second kappa shape index (κ2) is 6.90. The van der Waals surface area contributed by atoms with Crippen LogP contribution < -0.4 is 4.90 Å². The molecule has 1 saturated heterocycles. The summed E-state index contributed by atoms with van der Waals surface area (Å²) in [5.74, 6) is 0.0989. The van der Waals surface area contributed by atoms with Gasteiger partial charge in [0, 0.05) is 18.3 Å². The van der Waals surface area contributed by atoms with Gasteiger partial charge < -0.3 is 14.9 Å². The molecule has 1 N–H and O–H groups in total. The molecule has 0 radical (unpaired) electrons. The van der Waals surface area contributed by atoms with Crippen molar-refractivity contribution in [2.24, 2.45) is 5.41 Å². The minimum Gasteiger partial charge on any atom is -0.465 e. The molecule has 2 unspecified atom stereocenters. The predicted octanol–water partition coefficient (Wildman–Crippen LogP) is 4.66. The maximum Gasteiger partial charge on any atom is 0.407 e. The first kappa shape index (κ1) is 19.5. The molecule has 2 atom stereocenters. The van der Waals surface area contributed by atoms with Crippen molar-refractivity contribution in [2.45, 2.75) is 51.6 Å². The van der Waals surface area contributed by atoms with Crippen LogP contribution in [0, 0.1) is 5.41 Å². The number of amides is 2. The summed E-state index contributed by atoms with van der Waals surface area (Å²) in [6.45, 7) is 7.07. The molecule has 4 rings (SSSR count). The molecule has 0 aliphatic carbocycles. The number of rotatable bonds is 2. The molecule has 2 aliphatic rings. The Morgan fingerprint density at radius 2 is 1.76 bits per heavy atom. The molecular formula is C24H28N2O3. The third kappa shape index (κ3) is 3.18. The monoisotopic (exact) mass is 392 g/mol. The Balaban J connectivity index is 1.76. The number of carbonyl (C=O) groups excluding carboxylic acids is 1. The minimum atomic E-state index is -0.903. The van der Waals surface area contributed by atoms with Crippen LogP contribution in [0.5, 0.6) is 0 Å². The molecule has 0 aromatic heterocycles. The van der Waals surface area contributed by atoms with E-state index in [9.17, 15) is 14.7 Å². The SMILES string of the molecule is CC(C)(C)C1CC2(CCN1C(=O)O)C(=O)N(Cc1ccccc1)c1ccccc12. The summed E-state index contributed by atoms with van der Waals surface area (Å²) in [6.07, 6.45) is 0.136. The highest BCUT2D eigenvalue weighted by Crippen LogP contribution is 2.51. The second-order valence-corrected chi connectivity index (χ2v) is 9.29. The zero-order valence-corrected chi connectivity index (χ0v) is 17.3. The Hall–Kier alpha value is -2.82. The van der Waals surface area contributed by atoms with E-state index in [-0.39, 0.29) is 17.4 Å². The fourth-order valence-corrected chi connectivity index (χ4v) is 4.97. The van der Waals surface area contributed by atoms with Gasteiger partial charge in [0.15, 0.2) is 0 Å². The highest BCUT2D eigenvalue weighted by molar-refractivity contribution is 6.08. The van der Waals surface area contributed by atoms with Crippen molar-refractivity contribution in [3.05, 3.63) is 65.7 Å². The number of benzene rings is 2. The third-order valence-electron chi connectivity index (χ3n) is 6.49. The Morgan fingerprint density at radius 3 is 2.41 bits per heavy atom. The lowest BCUT2D eigenvalue weighted by atomic mass is 9.66. The van der Waals surface area contributed by atoms with E-state index in [0.717, 1.165) is 16.8 Å². The molecule has 1 fully saturated rings. The smallest absolute Gasteiger partial charge is 0.407 e. The van der Waals surface area contributed by atoms with Crippen molar-refractivity contribution in [3.8, 4) is 0 Å². The zero-order valence-electron chi connectivity index (χ0n) is 17.3. The maximum atomic E-state index is 13.9. The summed E-state index contributed by atoms with van der Waals surface area (Å²) in [5.41, 5.74) is 2.17. The number of anilines is 1.